The van der Waals surface area contributed by atoms with Crippen LogP contribution >= 0.6 is 0 Å². The molecule has 144 valence electrons. The van der Waals surface area contributed by atoms with Crippen LogP contribution in [0.4, 0.5) is 0 Å². The van der Waals surface area contributed by atoms with Crippen LogP contribution in [0.3, 0.4) is 0 Å². The molecule has 1 heterocycles. The largest absolute Gasteiger partial charge is 0.494 e. The number of carbonyl (C=O) groups excluding carboxylic acids is 1. The van der Waals surface area contributed by atoms with Crippen molar-refractivity contribution in [3.63, 3.8) is 0 Å². The molecule has 0 bridgehead atoms. The summed E-state index contributed by atoms with van der Waals surface area (Å²) < 4.78 is 32.4. The van der Waals surface area contributed by atoms with Gasteiger partial charge in [0.15, 0.2) is 0 Å². The molecule has 0 unspecified atom stereocenters. The smallest absolute Gasteiger partial charge is 0.243 e. The highest BCUT2D eigenvalue weighted by atomic mass is 32.2. The van der Waals surface area contributed by atoms with Gasteiger partial charge in [-0.15, -0.1) is 0 Å². The molecular formula is C19H28N2O4S. The van der Waals surface area contributed by atoms with Gasteiger partial charge in [0.1, 0.15) is 5.75 Å². The molecule has 26 heavy (non-hydrogen) atoms. The van der Waals surface area contributed by atoms with Crippen molar-refractivity contribution in [2.45, 2.75) is 43.9 Å². The second kappa shape index (κ2) is 8.39. The average Bonchev–Trinajstić information content (AvgIpc) is 3.15. The number of amides is 1. The molecule has 0 N–H and O–H groups in total. The highest BCUT2D eigenvalue weighted by Gasteiger charge is 2.31. The summed E-state index contributed by atoms with van der Waals surface area (Å²) in [6.45, 7) is 4.09. The molecule has 0 atom stereocenters. The van der Waals surface area contributed by atoms with Crippen molar-refractivity contribution in [3.8, 4) is 5.75 Å². The van der Waals surface area contributed by atoms with Crippen LogP contribution in [-0.2, 0) is 14.8 Å². The van der Waals surface area contributed by atoms with Crippen molar-refractivity contribution >= 4 is 15.9 Å². The van der Waals surface area contributed by atoms with E-state index in [1.807, 2.05) is 11.8 Å². The standard InChI is InChI=1S/C19H28N2O4S/c1-2-25-17-7-9-18(10-8-17)26(23,24)21-13-11-20(12-14-21)19(22)15-16-5-3-4-6-16/h7-10,16H,2-6,11-15H2,1H3. The summed E-state index contributed by atoms with van der Waals surface area (Å²) >= 11 is 0. The Morgan fingerprint density at radius 2 is 1.69 bits per heavy atom. The van der Waals surface area contributed by atoms with Crippen molar-refractivity contribution in [1.82, 2.24) is 9.21 Å². The average molecular weight is 381 g/mol. The normalized spacial score (nSPS) is 19.7. The lowest BCUT2D eigenvalue weighted by Gasteiger charge is -2.34. The molecule has 0 spiro atoms. The van der Waals surface area contributed by atoms with Crippen LogP contribution in [0, 0.1) is 5.92 Å². The molecule has 0 aromatic heterocycles. The van der Waals surface area contributed by atoms with Gasteiger partial charge in [-0.3, -0.25) is 4.79 Å². The third-order valence-corrected chi connectivity index (χ3v) is 7.21. The lowest BCUT2D eigenvalue weighted by atomic mass is 10.0. The van der Waals surface area contributed by atoms with Gasteiger partial charge in [-0.2, -0.15) is 4.31 Å². The minimum atomic E-state index is -3.53. The SMILES string of the molecule is CCOc1ccc(S(=O)(=O)N2CCN(C(=O)CC3CCCC3)CC2)cc1. The van der Waals surface area contributed by atoms with Gasteiger partial charge >= 0.3 is 0 Å². The quantitative estimate of drug-likeness (QED) is 0.760. The van der Waals surface area contributed by atoms with Crippen LogP contribution in [0.1, 0.15) is 39.0 Å². The van der Waals surface area contributed by atoms with E-state index in [-0.39, 0.29) is 10.8 Å². The van der Waals surface area contributed by atoms with Crippen LogP contribution in [0.15, 0.2) is 29.2 Å². The number of piperazine rings is 1. The number of hydrogen-bond acceptors (Lipinski definition) is 4. The molecule has 0 radical (unpaired) electrons. The van der Waals surface area contributed by atoms with E-state index < -0.39 is 10.0 Å². The second-order valence-corrected chi connectivity index (χ2v) is 8.98. The first-order chi connectivity index (χ1) is 12.5. The van der Waals surface area contributed by atoms with Crippen LogP contribution in [0.5, 0.6) is 5.75 Å². The summed E-state index contributed by atoms with van der Waals surface area (Å²) in [4.78, 5) is 14.5. The number of nitrogens with zero attached hydrogens (tertiary/aromatic N) is 2. The summed E-state index contributed by atoms with van der Waals surface area (Å²) in [5.74, 6) is 1.36. The first-order valence-corrected chi connectivity index (χ1v) is 11.0. The summed E-state index contributed by atoms with van der Waals surface area (Å²) in [6, 6.07) is 6.52. The van der Waals surface area contributed by atoms with Gasteiger partial charge in [0.2, 0.25) is 15.9 Å². The fourth-order valence-corrected chi connectivity index (χ4v) is 5.21. The predicted molar refractivity (Wildman–Crippen MR) is 99.5 cm³/mol. The molecule has 7 heteroatoms. The molecule has 6 nitrogen and oxygen atoms in total. The number of sulfonamides is 1. The van der Waals surface area contributed by atoms with E-state index in [4.69, 9.17) is 4.74 Å². The number of hydrogen-bond donors (Lipinski definition) is 0. The Labute approximate surface area is 156 Å². The Morgan fingerprint density at radius 1 is 1.08 bits per heavy atom. The predicted octanol–water partition coefficient (Wildman–Crippen LogP) is 2.50. The first kappa shape index (κ1) is 19.2. The highest BCUT2D eigenvalue weighted by Crippen LogP contribution is 2.28. The molecule has 1 aromatic rings. The number of benzene rings is 1. The summed E-state index contributed by atoms with van der Waals surface area (Å²) in [6.07, 6.45) is 5.37. The number of rotatable bonds is 6. The zero-order chi connectivity index (χ0) is 18.6. The number of ether oxygens (including phenoxy) is 1. The van der Waals surface area contributed by atoms with E-state index in [0.29, 0.717) is 50.9 Å². The molecule has 1 saturated heterocycles. The molecule has 1 saturated carbocycles. The fourth-order valence-electron chi connectivity index (χ4n) is 3.79. The number of carbonyl (C=O) groups is 1. The van der Waals surface area contributed by atoms with Crippen molar-refractivity contribution in [3.05, 3.63) is 24.3 Å². The van der Waals surface area contributed by atoms with E-state index >= 15 is 0 Å². The van der Waals surface area contributed by atoms with Crippen molar-refractivity contribution < 1.29 is 17.9 Å². The molecule has 2 fully saturated rings. The third kappa shape index (κ3) is 4.38. The van der Waals surface area contributed by atoms with Gasteiger partial charge in [-0.1, -0.05) is 12.8 Å². The van der Waals surface area contributed by atoms with Crippen LogP contribution < -0.4 is 4.74 Å². The second-order valence-electron chi connectivity index (χ2n) is 7.04. The molecule has 1 amide bonds. The summed E-state index contributed by atoms with van der Waals surface area (Å²) in [5, 5.41) is 0. The van der Waals surface area contributed by atoms with Gasteiger partial charge in [-0.05, 0) is 49.9 Å². The maximum absolute atomic E-state index is 12.8. The maximum atomic E-state index is 12.8. The van der Waals surface area contributed by atoms with Crippen LogP contribution in [-0.4, -0.2) is 56.3 Å². The van der Waals surface area contributed by atoms with Crippen LogP contribution in [0.2, 0.25) is 0 Å². The Hall–Kier alpha value is -1.60. The molecule has 2 aliphatic rings. The van der Waals surface area contributed by atoms with Gasteiger partial charge in [0.25, 0.3) is 0 Å². The topological polar surface area (TPSA) is 66.9 Å². The zero-order valence-electron chi connectivity index (χ0n) is 15.4. The minimum absolute atomic E-state index is 0.176. The lowest BCUT2D eigenvalue weighted by Crippen LogP contribution is -2.50. The third-order valence-electron chi connectivity index (χ3n) is 5.30. The van der Waals surface area contributed by atoms with Gasteiger partial charge < -0.3 is 9.64 Å². The van der Waals surface area contributed by atoms with Crippen molar-refractivity contribution in [2.24, 2.45) is 5.92 Å². The maximum Gasteiger partial charge on any atom is 0.243 e. The van der Waals surface area contributed by atoms with E-state index in [1.165, 1.54) is 17.1 Å². The highest BCUT2D eigenvalue weighted by molar-refractivity contribution is 7.89. The summed E-state index contributed by atoms with van der Waals surface area (Å²) in [5.41, 5.74) is 0. The van der Waals surface area contributed by atoms with E-state index in [9.17, 15) is 13.2 Å². The monoisotopic (exact) mass is 380 g/mol. The molecular weight excluding hydrogens is 352 g/mol. The molecule has 1 aromatic carbocycles. The Kier molecular flexibility index (Phi) is 6.19. The molecule has 1 aliphatic heterocycles. The van der Waals surface area contributed by atoms with Gasteiger partial charge in [-0.25, -0.2) is 8.42 Å². The van der Waals surface area contributed by atoms with Gasteiger partial charge in [0, 0.05) is 32.6 Å². The summed E-state index contributed by atoms with van der Waals surface area (Å²) in [7, 11) is -3.53. The van der Waals surface area contributed by atoms with E-state index in [1.54, 1.807) is 24.3 Å². The van der Waals surface area contributed by atoms with Crippen LogP contribution in [0.25, 0.3) is 0 Å². The van der Waals surface area contributed by atoms with E-state index in [2.05, 4.69) is 0 Å². The Morgan fingerprint density at radius 3 is 2.27 bits per heavy atom. The Balaban J connectivity index is 1.56. The van der Waals surface area contributed by atoms with E-state index in [0.717, 1.165) is 12.8 Å². The molecule has 3 rings (SSSR count). The van der Waals surface area contributed by atoms with Gasteiger partial charge in [0.05, 0.1) is 11.5 Å². The fraction of sp³-hybridized carbons (Fsp3) is 0.632. The zero-order valence-corrected chi connectivity index (χ0v) is 16.2. The minimum Gasteiger partial charge on any atom is -0.494 e. The van der Waals surface area contributed by atoms with Crippen molar-refractivity contribution in [2.75, 3.05) is 32.8 Å². The molecule has 1 aliphatic carbocycles. The Bertz CT molecular complexity index is 704. The first-order valence-electron chi connectivity index (χ1n) is 9.51. The van der Waals surface area contributed by atoms with Crippen molar-refractivity contribution in [1.29, 1.82) is 0 Å². The lowest BCUT2D eigenvalue weighted by molar-refractivity contribution is -0.133.